The minimum Gasteiger partial charge on any atom is -0.351 e. The number of hydrogen-bond acceptors (Lipinski definition) is 4. The van der Waals surface area contributed by atoms with Crippen LogP contribution in [0.3, 0.4) is 0 Å². The molecule has 0 aliphatic carbocycles. The summed E-state index contributed by atoms with van der Waals surface area (Å²) in [5.41, 5.74) is 1.89. The SMILES string of the molecule is CC.CC[C@H](CN(CC)C(=O)[C@H](CCN1CCCCC1)NCCNC(=O)c1ccc2cc(Cl)ccc2c1)c1ccccc1. The van der Waals surface area contributed by atoms with E-state index in [2.05, 4.69) is 53.6 Å². The van der Waals surface area contributed by atoms with Gasteiger partial charge in [-0.1, -0.05) is 81.3 Å². The zero-order valence-electron chi connectivity index (χ0n) is 26.6. The Kier molecular flexibility index (Phi) is 15.0. The van der Waals surface area contributed by atoms with Gasteiger partial charge in [-0.3, -0.25) is 9.59 Å². The maximum Gasteiger partial charge on any atom is 0.251 e. The maximum absolute atomic E-state index is 13.9. The highest BCUT2D eigenvalue weighted by Gasteiger charge is 2.26. The van der Waals surface area contributed by atoms with E-state index in [0.717, 1.165) is 43.2 Å². The van der Waals surface area contributed by atoms with Crippen molar-refractivity contribution in [3.63, 3.8) is 0 Å². The standard InChI is InChI=1S/C34H45ClN4O2.C2H6/c1-3-26(27-11-7-5-8-12-27)25-39(4-2)34(41)32(17-22-38-20-9-6-10-21-38)36-18-19-37-33(40)30-14-13-29-24-31(35)16-15-28(29)23-30;1-2/h5,7-8,11-16,23-24,26,32,36H,3-4,6,9-10,17-22,25H2,1-2H3,(H,37,40);1-2H3/t26-,32+;/m1./s1. The van der Waals surface area contributed by atoms with Gasteiger partial charge in [0.1, 0.15) is 0 Å². The number of likely N-dealkylation sites (N-methyl/N-ethyl adjacent to an activating group) is 1. The van der Waals surface area contributed by atoms with Crippen LogP contribution >= 0.6 is 11.6 Å². The first-order valence-electron chi connectivity index (χ1n) is 16.3. The fourth-order valence-electron chi connectivity index (χ4n) is 5.75. The highest BCUT2D eigenvalue weighted by molar-refractivity contribution is 6.31. The summed E-state index contributed by atoms with van der Waals surface area (Å²) in [5, 5.41) is 9.18. The fraction of sp³-hybridized carbons (Fsp3) is 0.500. The number of piperidine rings is 1. The largest absolute Gasteiger partial charge is 0.351 e. The molecule has 0 radical (unpaired) electrons. The van der Waals surface area contributed by atoms with Crippen molar-refractivity contribution in [3.05, 3.63) is 82.9 Å². The summed E-state index contributed by atoms with van der Waals surface area (Å²) in [6.45, 7) is 13.7. The third-order valence-corrected chi connectivity index (χ3v) is 8.48. The van der Waals surface area contributed by atoms with Gasteiger partial charge in [0.15, 0.2) is 0 Å². The molecule has 0 aromatic heterocycles. The van der Waals surface area contributed by atoms with Crippen LogP contribution in [0.15, 0.2) is 66.7 Å². The third kappa shape index (κ3) is 10.6. The molecule has 2 N–H and O–H groups in total. The molecule has 7 heteroatoms. The smallest absolute Gasteiger partial charge is 0.251 e. The molecular formula is C36H51ClN4O2. The van der Waals surface area contributed by atoms with E-state index in [4.69, 9.17) is 11.6 Å². The van der Waals surface area contributed by atoms with Crippen LogP contribution in [-0.2, 0) is 4.79 Å². The van der Waals surface area contributed by atoms with Gasteiger partial charge in [0.05, 0.1) is 6.04 Å². The van der Waals surface area contributed by atoms with Crippen molar-refractivity contribution in [2.45, 2.75) is 71.8 Å². The zero-order chi connectivity index (χ0) is 31.0. The topological polar surface area (TPSA) is 64.7 Å². The first-order valence-corrected chi connectivity index (χ1v) is 16.6. The highest BCUT2D eigenvalue weighted by atomic mass is 35.5. The number of hydrogen-bond donors (Lipinski definition) is 2. The lowest BCUT2D eigenvalue weighted by Gasteiger charge is -2.32. The van der Waals surface area contributed by atoms with Crippen LogP contribution in [0.2, 0.25) is 5.02 Å². The van der Waals surface area contributed by atoms with Gasteiger partial charge in [0.2, 0.25) is 5.91 Å². The summed E-state index contributed by atoms with van der Waals surface area (Å²) in [6, 6.07) is 21.5. The van der Waals surface area contributed by atoms with Crippen molar-refractivity contribution in [1.29, 1.82) is 0 Å². The molecule has 1 heterocycles. The number of nitrogens with zero attached hydrogens (tertiary/aromatic N) is 2. The summed E-state index contributed by atoms with van der Waals surface area (Å²) in [6.07, 6.45) is 5.50. The molecule has 2 atom stereocenters. The van der Waals surface area contributed by atoms with Crippen LogP contribution in [-0.4, -0.2) is 73.5 Å². The Hall–Kier alpha value is -2.93. The van der Waals surface area contributed by atoms with Gasteiger partial charge in [-0.2, -0.15) is 0 Å². The van der Waals surface area contributed by atoms with E-state index in [1.54, 1.807) is 0 Å². The van der Waals surface area contributed by atoms with Crippen molar-refractivity contribution >= 4 is 34.2 Å². The molecule has 3 aromatic rings. The molecule has 1 fully saturated rings. The van der Waals surface area contributed by atoms with Gasteiger partial charge >= 0.3 is 0 Å². The van der Waals surface area contributed by atoms with Crippen LogP contribution in [0.25, 0.3) is 10.8 Å². The number of rotatable bonds is 14. The van der Waals surface area contributed by atoms with Gasteiger partial charge in [-0.25, -0.2) is 0 Å². The molecule has 1 aliphatic heterocycles. The second-order valence-corrected chi connectivity index (χ2v) is 11.5. The van der Waals surface area contributed by atoms with E-state index >= 15 is 0 Å². The van der Waals surface area contributed by atoms with Crippen molar-refractivity contribution in [2.75, 3.05) is 45.8 Å². The van der Waals surface area contributed by atoms with E-state index in [1.807, 2.05) is 61.2 Å². The molecule has 0 spiro atoms. The molecular weight excluding hydrogens is 556 g/mol. The van der Waals surface area contributed by atoms with Gasteiger partial charge in [0.25, 0.3) is 5.91 Å². The Labute approximate surface area is 264 Å². The lowest BCUT2D eigenvalue weighted by molar-refractivity contribution is -0.133. The quantitative estimate of drug-likeness (QED) is 0.192. The molecule has 6 nitrogen and oxygen atoms in total. The van der Waals surface area contributed by atoms with E-state index in [1.165, 1.54) is 24.8 Å². The second-order valence-electron chi connectivity index (χ2n) is 11.1. The number of carbonyl (C=O) groups is 2. The fourth-order valence-corrected chi connectivity index (χ4v) is 5.93. The summed E-state index contributed by atoms with van der Waals surface area (Å²) in [5.74, 6) is 0.335. The molecule has 4 rings (SSSR count). The lowest BCUT2D eigenvalue weighted by Crippen LogP contribution is -2.50. The molecule has 0 unspecified atom stereocenters. The number of carbonyl (C=O) groups excluding carboxylic acids is 2. The van der Waals surface area contributed by atoms with Crippen LogP contribution in [0, 0.1) is 0 Å². The monoisotopic (exact) mass is 606 g/mol. The highest BCUT2D eigenvalue weighted by Crippen LogP contribution is 2.22. The minimum absolute atomic E-state index is 0.122. The van der Waals surface area contributed by atoms with Crippen molar-refractivity contribution in [2.24, 2.45) is 0 Å². The molecule has 1 saturated heterocycles. The Morgan fingerprint density at radius 2 is 1.60 bits per heavy atom. The Morgan fingerprint density at radius 3 is 2.30 bits per heavy atom. The number of likely N-dealkylation sites (tertiary alicyclic amines) is 1. The van der Waals surface area contributed by atoms with Gasteiger partial charge in [-0.15, -0.1) is 0 Å². The van der Waals surface area contributed by atoms with Crippen molar-refractivity contribution in [1.82, 2.24) is 20.4 Å². The van der Waals surface area contributed by atoms with Crippen molar-refractivity contribution in [3.8, 4) is 0 Å². The summed E-state index contributed by atoms with van der Waals surface area (Å²) < 4.78 is 0. The van der Waals surface area contributed by atoms with Crippen LogP contribution in [0.1, 0.15) is 81.6 Å². The third-order valence-electron chi connectivity index (χ3n) is 8.24. The first kappa shape index (κ1) is 34.6. The number of halogens is 1. The van der Waals surface area contributed by atoms with E-state index < -0.39 is 0 Å². The zero-order valence-corrected chi connectivity index (χ0v) is 27.3. The molecule has 0 saturated carbocycles. The van der Waals surface area contributed by atoms with E-state index in [9.17, 15) is 9.59 Å². The number of nitrogens with one attached hydrogen (secondary N) is 2. The minimum atomic E-state index is -0.285. The molecule has 0 bridgehead atoms. The average molecular weight is 607 g/mol. The second kappa shape index (κ2) is 18.7. The predicted molar refractivity (Wildman–Crippen MR) is 181 cm³/mol. The van der Waals surface area contributed by atoms with Gasteiger partial charge in [0, 0.05) is 49.2 Å². The molecule has 1 aliphatic rings. The van der Waals surface area contributed by atoms with Gasteiger partial charge in [-0.05, 0) is 86.3 Å². The Balaban J connectivity index is 0.00000248. The summed E-state index contributed by atoms with van der Waals surface area (Å²) >= 11 is 6.09. The number of amides is 2. The molecule has 43 heavy (non-hydrogen) atoms. The number of fused-ring (bicyclic) bond motifs is 1. The maximum atomic E-state index is 13.9. The molecule has 3 aromatic carbocycles. The van der Waals surface area contributed by atoms with E-state index in [-0.39, 0.29) is 17.9 Å². The van der Waals surface area contributed by atoms with E-state index in [0.29, 0.717) is 42.7 Å². The predicted octanol–water partition coefficient (Wildman–Crippen LogP) is 7.13. The first-order chi connectivity index (χ1) is 21.0. The molecule has 234 valence electrons. The average Bonchev–Trinajstić information content (AvgIpc) is 3.06. The summed E-state index contributed by atoms with van der Waals surface area (Å²) in [4.78, 5) is 31.2. The summed E-state index contributed by atoms with van der Waals surface area (Å²) in [7, 11) is 0. The molecule has 2 amide bonds. The van der Waals surface area contributed by atoms with Crippen LogP contribution < -0.4 is 10.6 Å². The Bertz CT molecular complexity index is 1260. The van der Waals surface area contributed by atoms with Crippen molar-refractivity contribution < 1.29 is 9.59 Å². The van der Waals surface area contributed by atoms with Crippen LogP contribution in [0.5, 0.6) is 0 Å². The Morgan fingerprint density at radius 1 is 0.907 bits per heavy atom. The lowest BCUT2D eigenvalue weighted by atomic mass is 9.95. The number of benzene rings is 3. The van der Waals surface area contributed by atoms with Gasteiger partial charge < -0.3 is 20.4 Å². The normalized spacial score (nSPS) is 14.8. The van der Waals surface area contributed by atoms with Crippen LogP contribution in [0.4, 0.5) is 0 Å².